The van der Waals surface area contributed by atoms with Crippen LogP contribution >= 0.6 is 0 Å². The minimum absolute atomic E-state index is 0.0499. The molecule has 204 valence electrons. The van der Waals surface area contributed by atoms with E-state index in [4.69, 9.17) is 10.00 Å². The molecule has 2 aromatic carbocycles. The van der Waals surface area contributed by atoms with Crippen LogP contribution in [0.25, 0.3) is 11.1 Å². The van der Waals surface area contributed by atoms with E-state index in [-0.39, 0.29) is 18.1 Å². The third-order valence-electron chi connectivity index (χ3n) is 7.33. The molecule has 2 amide bonds. The molecule has 4 aromatic rings. The van der Waals surface area contributed by atoms with Crippen molar-refractivity contribution in [1.29, 1.82) is 5.26 Å². The first kappa shape index (κ1) is 26.8. The Kier molecular flexibility index (Phi) is 8.26. The maximum Gasteiger partial charge on any atom is 0.322 e. The van der Waals surface area contributed by atoms with Crippen molar-refractivity contribution in [3.8, 4) is 22.9 Å². The molecule has 0 aliphatic heterocycles. The lowest BCUT2D eigenvalue weighted by molar-refractivity contribution is 0.240. The number of para-hydroxylation sites is 1. The molecule has 0 saturated heterocycles. The molecule has 0 bridgehead atoms. The largest absolute Gasteiger partial charge is 0.496 e. The van der Waals surface area contributed by atoms with Gasteiger partial charge in [-0.3, -0.25) is 9.58 Å². The first-order chi connectivity index (χ1) is 19.5. The lowest BCUT2D eigenvalue weighted by atomic mass is 9.89. The molecule has 40 heavy (non-hydrogen) atoms. The second-order valence-electron chi connectivity index (χ2n) is 9.98. The Morgan fingerprint density at radius 1 is 1.05 bits per heavy atom. The number of hydrogen-bond acceptors (Lipinski definition) is 6. The van der Waals surface area contributed by atoms with E-state index in [2.05, 4.69) is 26.8 Å². The van der Waals surface area contributed by atoms with Crippen molar-refractivity contribution >= 4 is 17.5 Å². The summed E-state index contributed by atoms with van der Waals surface area (Å²) >= 11 is 0. The summed E-state index contributed by atoms with van der Waals surface area (Å²) in [7, 11) is 3.53. The molecule has 9 heteroatoms. The number of urea groups is 1. The summed E-state index contributed by atoms with van der Waals surface area (Å²) in [6.07, 6.45) is 8.89. The van der Waals surface area contributed by atoms with Crippen LogP contribution in [0.5, 0.6) is 5.75 Å². The smallest absolute Gasteiger partial charge is 0.322 e. The van der Waals surface area contributed by atoms with Crippen LogP contribution in [0.4, 0.5) is 16.3 Å². The van der Waals surface area contributed by atoms with E-state index in [0.29, 0.717) is 12.1 Å². The van der Waals surface area contributed by atoms with Crippen LogP contribution < -0.4 is 20.3 Å². The number of ether oxygens (including phenoxy) is 1. The minimum Gasteiger partial charge on any atom is -0.496 e. The Morgan fingerprint density at radius 2 is 1.82 bits per heavy atom. The van der Waals surface area contributed by atoms with Gasteiger partial charge in [0, 0.05) is 54.9 Å². The Balaban J connectivity index is 1.31. The maximum atomic E-state index is 13.7. The van der Waals surface area contributed by atoms with E-state index in [1.165, 1.54) is 0 Å². The molecule has 0 radical (unpaired) electrons. The van der Waals surface area contributed by atoms with Gasteiger partial charge in [-0.1, -0.05) is 30.3 Å². The normalized spacial score (nSPS) is 16.5. The van der Waals surface area contributed by atoms with Crippen LogP contribution in [0.1, 0.15) is 36.8 Å². The van der Waals surface area contributed by atoms with E-state index in [0.717, 1.165) is 59.6 Å². The Bertz CT molecular complexity index is 1470. The number of methoxy groups -OCH3 is 1. The number of aryl methyl sites for hydroxylation is 1. The van der Waals surface area contributed by atoms with E-state index in [9.17, 15) is 4.79 Å². The van der Waals surface area contributed by atoms with Gasteiger partial charge in [-0.2, -0.15) is 10.4 Å². The standard InChI is InChI=1S/C31H33N7O2/c1-37-21-25(20-35-37)23-8-12-27(13-9-23)38(31(39)34-19-24-5-3-4-6-29(24)40-2)28-14-10-26(11-15-28)36-30-16-7-22(17-32)18-33-30/h3-9,12-13,16,18,20-21,26,28H,10-11,14-15,19H2,1-2H3,(H,33,36)(H,34,39)/t26-,28-. The number of nitriles is 1. The second kappa shape index (κ2) is 12.3. The fourth-order valence-corrected chi connectivity index (χ4v) is 5.22. The van der Waals surface area contributed by atoms with Crippen molar-refractivity contribution in [1.82, 2.24) is 20.1 Å². The third kappa shape index (κ3) is 6.24. The fraction of sp³-hybridized carbons (Fsp3) is 0.290. The number of aromatic nitrogens is 3. The summed E-state index contributed by atoms with van der Waals surface area (Å²) in [5.74, 6) is 1.51. The van der Waals surface area contributed by atoms with Crippen molar-refractivity contribution in [3.05, 3.63) is 90.4 Å². The predicted octanol–water partition coefficient (Wildman–Crippen LogP) is 5.50. The minimum atomic E-state index is -0.134. The van der Waals surface area contributed by atoms with Gasteiger partial charge in [0.2, 0.25) is 0 Å². The molecule has 2 N–H and O–H groups in total. The van der Waals surface area contributed by atoms with Crippen molar-refractivity contribution in [3.63, 3.8) is 0 Å². The molecule has 1 fully saturated rings. The Labute approximate surface area is 234 Å². The molecule has 0 spiro atoms. The second-order valence-corrected chi connectivity index (χ2v) is 9.98. The summed E-state index contributed by atoms with van der Waals surface area (Å²) < 4.78 is 7.25. The number of hydrogen-bond donors (Lipinski definition) is 2. The predicted molar refractivity (Wildman–Crippen MR) is 155 cm³/mol. The van der Waals surface area contributed by atoms with Gasteiger partial charge < -0.3 is 15.4 Å². The molecule has 0 unspecified atom stereocenters. The number of carbonyl (C=O) groups is 1. The number of nitrogens with one attached hydrogen (secondary N) is 2. The summed E-state index contributed by atoms with van der Waals surface area (Å²) in [5.41, 5.74) is 4.40. The number of anilines is 2. The highest BCUT2D eigenvalue weighted by molar-refractivity contribution is 5.93. The Hall–Kier alpha value is -4.84. The van der Waals surface area contributed by atoms with Crippen molar-refractivity contribution in [2.24, 2.45) is 7.05 Å². The highest BCUT2D eigenvalue weighted by Gasteiger charge is 2.30. The van der Waals surface area contributed by atoms with Gasteiger partial charge in [0.25, 0.3) is 0 Å². The van der Waals surface area contributed by atoms with E-state index < -0.39 is 0 Å². The van der Waals surface area contributed by atoms with Gasteiger partial charge in [0.05, 0.1) is 18.9 Å². The quantitative estimate of drug-likeness (QED) is 0.308. The maximum absolute atomic E-state index is 13.7. The van der Waals surface area contributed by atoms with Gasteiger partial charge in [-0.25, -0.2) is 9.78 Å². The van der Waals surface area contributed by atoms with Crippen molar-refractivity contribution in [2.45, 2.75) is 44.3 Å². The molecule has 5 rings (SSSR count). The molecule has 1 aliphatic carbocycles. The van der Waals surface area contributed by atoms with E-state index in [1.54, 1.807) is 24.1 Å². The molecule has 2 aromatic heterocycles. The molecular formula is C31H33N7O2. The van der Waals surface area contributed by atoms with Gasteiger partial charge in [0.15, 0.2) is 0 Å². The summed E-state index contributed by atoms with van der Waals surface area (Å²) in [6, 6.07) is 21.7. The lowest BCUT2D eigenvalue weighted by Crippen LogP contribution is -2.48. The number of benzene rings is 2. The zero-order chi connectivity index (χ0) is 27.9. The SMILES string of the molecule is COc1ccccc1CNC(=O)N(c1ccc(-c2cnn(C)c2)cc1)[C@H]1CC[C@H](Nc2ccc(C#N)cn2)CC1. The lowest BCUT2D eigenvalue weighted by Gasteiger charge is -2.37. The van der Waals surface area contributed by atoms with Crippen LogP contribution in [0, 0.1) is 11.3 Å². The van der Waals surface area contributed by atoms with Gasteiger partial charge in [-0.15, -0.1) is 0 Å². The topological polar surface area (TPSA) is 108 Å². The van der Waals surface area contributed by atoms with Gasteiger partial charge in [-0.05, 0) is 61.6 Å². The third-order valence-corrected chi connectivity index (χ3v) is 7.33. The Morgan fingerprint density at radius 3 is 2.48 bits per heavy atom. The zero-order valence-corrected chi connectivity index (χ0v) is 22.7. The van der Waals surface area contributed by atoms with Crippen LogP contribution in [-0.2, 0) is 13.6 Å². The van der Waals surface area contributed by atoms with Gasteiger partial charge >= 0.3 is 6.03 Å². The number of carbonyl (C=O) groups excluding carboxylic acids is 1. The molecule has 0 atom stereocenters. The highest BCUT2D eigenvalue weighted by atomic mass is 16.5. The van der Waals surface area contributed by atoms with E-state index in [1.807, 2.05) is 78.9 Å². The number of nitrogens with zero attached hydrogens (tertiary/aromatic N) is 5. The zero-order valence-electron chi connectivity index (χ0n) is 22.7. The van der Waals surface area contributed by atoms with Crippen molar-refractivity contribution in [2.75, 3.05) is 17.3 Å². The van der Waals surface area contributed by atoms with Crippen LogP contribution in [0.3, 0.4) is 0 Å². The summed E-state index contributed by atoms with van der Waals surface area (Å²) in [6.45, 7) is 0.369. The number of amides is 2. The first-order valence-electron chi connectivity index (χ1n) is 13.4. The highest BCUT2D eigenvalue weighted by Crippen LogP contribution is 2.31. The average Bonchev–Trinajstić information content (AvgIpc) is 3.44. The molecule has 1 saturated carbocycles. The van der Waals surface area contributed by atoms with Crippen LogP contribution in [-0.4, -0.2) is 40.0 Å². The van der Waals surface area contributed by atoms with Crippen molar-refractivity contribution < 1.29 is 9.53 Å². The molecule has 2 heterocycles. The number of pyridine rings is 1. The fourth-order valence-electron chi connectivity index (χ4n) is 5.22. The first-order valence-corrected chi connectivity index (χ1v) is 13.4. The molecule has 1 aliphatic rings. The van der Waals surface area contributed by atoms with Crippen LogP contribution in [0.2, 0.25) is 0 Å². The molecular weight excluding hydrogens is 502 g/mol. The monoisotopic (exact) mass is 535 g/mol. The van der Waals surface area contributed by atoms with E-state index >= 15 is 0 Å². The average molecular weight is 536 g/mol. The summed E-state index contributed by atoms with van der Waals surface area (Å²) in [5, 5.41) is 19.9. The number of rotatable bonds is 8. The van der Waals surface area contributed by atoms with Gasteiger partial charge in [0.1, 0.15) is 17.6 Å². The molecule has 9 nitrogen and oxygen atoms in total. The van der Waals surface area contributed by atoms with Crippen LogP contribution in [0.15, 0.2) is 79.3 Å². The summed E-state index contributed by atoms with van der Waals surface area (Å²) in [4.78, 5) is 20.0.